The van der Waals surface area contributed by atoms with Gasteiger partial charge in [0.25, 0.3) is 0 Å². The second-order valence-corrected chi connectivity index (χ2v) is 5.46. The van der Waals surface area contributed by atoms with Crippen LogP contribution in [0.1, 0.15) is 25.8 Å². The number of hydrogen-bond acceptors (Lipinski definition) is 1. The van der Waals surface area contributed by atoms with E-state index >= 15 is 0 Å². The lowest BCUT2D eigenvalue weighted by Gasteiger charge is -2.40. The van der Waals surface area contributed by atoms with Gasteiger partial charge in [0.1, 0.15) is 0 Å². The van der Waals surface area contributed by atoms with Crippen molar-refractivity contribution in [1.29, 1.82) is 0 Å². The largest absolute Gasteiger partial charge is 0.371 e. The van der Waals surface area contributed by atoms with E-state index in [0.717, 1.165) is 5.92 Å². The van der Waals surface area contributed by atoms with Gasteiger partial charge in [-0.15, -0.1) is 0 Å². The van der Waals surface area contributed by atoms with Gasteiger partial charge in [0, 0.05) is 23.2 Å². The molecule has 0 spiro atoms. The molecule has 0 N–H and O–H groups in total. The van der Waals surface area contributed by atoms with E-state index in [1.54, 1.807) is 0 Å². The molecule has 1 aromatic rings. The molecule has 82 valence electrons. The molecule has 0 radical (unpaired) electrons. The first kappa shape index (κ1) is 11.0. The molecule has 0 aliphatic carbocycles. The minimum absolute atomic E-state index is 0.693. The molecule has 1 aliphatic rings. The quantitative estimate of drug-likeness (QED) is 0.747. The fourth-order valence-electron chi connectivity index (χ4n) is 2.78. The Morgan fingerprint density at radius 3 is 2.87 bits per heavy atom. The molecular weight excluding hydrogens is 250 g/mol. The van der Waals surface area contributed by atoms with Crippen LogP contribution in [0.15, 0.2) is 22.7 Å². The molecule has 1 heterocycles. The van der Waals surface area contributed by atoms with Crippen LogP contribution in [0.25, 0.3) is 0 Å². The molecule has 0 bridgehead atoms. The number of anilines is 1. The second kappa shape index (κ2) is 4.17. The van der Waals surface area contributed by atoms with Crippen LogP contribution in [0.2, 0.25) is 0 Å². The van der Waals surface area contributed by atoms with Crippen LogP contribution in [-0.2, 0) is 6.42 Å². The summed E-state index contributed by atoms with van der Waals surface area (Å²) in [4.78, 5) is 2.44. The summed E-state index contributed by atoms with van der Waals surface area (Å²) < 4.78 is 1.19. The first-order valence-electron chi connectivity index (χ1n) is 5.64. The van der Waals surface area contributed by atoms with E-state index in [9.17, 15) is 0 Å². The van der Waals surface area contributed by atoms with Crippen LogP contribution in [0, 0.1) is 5.92 Å². The summed E-state index contributed by atoms with van der Waals surface area (Å²) in [5, 5.41) is 0. The fraction of sp³-hybridized carbons (Fsp3) is 0.538. The number of rotatable bonds is 1. The first-order chi connectivity index (χ1) is 7.13. The Morgan fingerprint density at radius 1 is 1.47 bits per heavy atom. The summed E-state index contributed by atoms with van der Waals surface area (Å²) in [5.41, 5.74) is 2.88. The molecule has 0 amide bonds. The molecule has 2 rings (SSSR count). The van der Waals surface area contributed by atoms with Crippen LogP contribution in [-0.4, -0.2) is 13.1 Å². The molecule has 1 unspecified atom stereocenters. The predicted molar refractivity (Wildman–Crippen MR) is 69.5 cm³/mol. The Bertz CT molecular complexity index is 362. The molecule has 15 heavy (non-hydrogen) atoms. The maximum absolute atomic E-state index is 3.54. The predicted octanol–water partition coefficient (Wildman–Crippen LogP) is 3.86. The zero-order valence-electron chi connectivity index (χ0n) is 9.63. The van der Waals surface area contributed by atoms with Gasteiger partial charge in [-0.3, -0.25) is 0 Å². The first-order valence-corrected chi connectivity index (χ1v) is 6.44. The van der Waals surface area contributed by atoms with Crippen molar-refractivity contribution >= 4 is 21.6 Å². The third-order valence-electron chi connectivity index (χ3n) is 3.54. The summed E-state index contributed by atoms with van der Waals surface area (Å²) in [6.07, 6.45) is 2.44. The number of halogens is 1. The van der Waals surface area contributed by atoms with E-state index in [4.69, 9.17) is 0 Å². The van der Waals surface area contributed by atoms with Crippen LogP contribution in [0.3, 0.4) is 0 Å². The van der Waals surface area contributed by atoms with Crippen LogP contribution < -0.4 is 4.90 Å². The third kappa shape index (κ3) is 1.92. The van der Waals surface area contributed by atoms with Crippen molar-refractivity contribution in [3.8, 4) is 0 Å². The van der Waals surface area contributed by atoms with Crippen LogP contribution >= 0.6 is 15.9 Å². The molecule has 2 atom stereocenters. The van der Waals surface area contributed by atoms with E-state index in [1.165, 1.54) is 28.6 Å². The van der Waals surface area contributed by atoms with Gasteiger partial charge in [-0.2, -0.15) is 0 Å². The molecular formula is C13H18BrN. The molecule has 1 nitrogen and oxygen atoms in total. The van der Waals surface area contributed by atoms with Crippen LogP contribution in [0.5, 0.6) is 0 Å². The standard InChI is InChI=1S/C13H18BrN/c1-4-12-9(2)7-10-8-11(14)5-6-13(10)15(12)3/h5-6,8-9,12H,4,7H2,1-3H3/t9?,12-/m0/s1. The Morgan fingerprint density at radius 2 is 2.20 bits per heavy atom. The summed E-state index contributed by atoms with van der Waals surface area (Å²) in [7, 11) is 2.22. The van der Waals surface area contributed by atoms with E-state index in [1.807, 2.05) is 0 Å². The molecule has 2 heteroatoms. The Kier molecular flexibility index (Phi) is 3.06. The molecule has 1 aromatic carbocycles. The van der Waals surface area contributed by atoms with E-state index in [-0.39, 0.29) is 0 Å². The summed E-state index contributed by atoms with van der Waals surface area (Å²) in [5.74, 6) is 0.752. The van der Waals surface area contributed by atoms with E-state index < -0.39 is 0 Å². The average Bonchev–Trinajstić information content (AvgIpc) is 2.17. The monoisotopic (exact) mass is 267 g/mol. The van der Waals surface area contributed by atoms with Gasteiger partial charge >= 0.3 is 0 Å². The maximum Gasteiger partial charge on any atom is 0.0399 e. The molecule has 1 aliphatic heterocycles. The van der Waals surface area contributed by atoms with Crippen molar-refractivity contribution in [2.24, 2.45) is 5.92 Å². The lowest BCUT2D eigenvalue weighted by Crippen LogP contribution is -2.41. The van der Waals surface area contributed by atoms with Crippen molar-refractivity contribution in [2.75, 3.05) is 11.9 Å². The van der Waals surface area contributed by atoms with Crippen molar-refractivity contribution in [3.05, 3.63) is 28.2 Å². The highest BCUT2D eigenvalue weighted by atomic mass is 79.9. The van der Waals surface area contributed by atoms with Gasteiger partial charge in [0.15, 0.2) is 0 Å². The molecule has 0 saturated carbocycles. The smallest absolute Gasteiger partial charge is 0.0399 e. The van der Waals surface area contributed by atoms with Crippen molar-refractivity contribution in [2.45, 2.75) is 32.7 Å². The van der Waals surface area contributed by atoms with Crippen molar-refractivity contribution in [1.82, 2.24) is 0 Å². The van der Waals surface area contributed by atoms with E-state index in [2.05, 4.69) is 59.9 Å². The highest BCUT2D eigenvalue weighted by molar-refractivity contribution is 9.10. The highest BCUT2D eigenvalue weighted by Crippen LogP contribution is 2.35. The third-order valence-corrected chi connectivity index (χ3v) is 4.03. The lowest BCUT2D eigenvalue weighted by molar-refractivity contribution is 0.408. The van der Waals surface area contributed by atoms with Crippen LogP contribution in [0.4, 0.5) is 5.69 Å². The normalized spacial score (nSPS) is 25.2. The Hall–Kier alpha value is -0.500. The summed E-state index contributed by atoms with van der Waals surface area (Å²) in [6.45, 7) is 4.63. The molecule has 0 fully saturated rings. The SMILES string of the molecule is CC[C@H]1C(C)Cc2cc(Br)ccc2N1C. The zero-order chi connectivity index (χ0) is 11.0. The minimum atomic E-state index is 0.693. The molecule has 0 saturated heterocycles. The van der Waals surface area contributed by atoms with Gasteiger partial charge in [0.2, 0.25) is 0 Å². The highest BCUT2D eigenvalue weighted by Gasteiger charge is 2.27. The van der Waals surface area contributed by atoms with Gasteiger partial charge in [0.05, 0.1) is 0 Å². The van der Waals surface area contributed by atoms with Gasteiger partial charge in [-0.25, -0.2) is 0 Å². The van der Waals surface area contributed by atoms with Crippen molar-refractivity contribution < 1.29 is 0 Å². The maximum atomic E-state index is 3.54. The Labute approximate surface area is 101 Å². The number of benzene rings is 1. The lowest BCUT2D eigenvalue weighted by atomic mass is 9.86. The summed E-state index contributed by atoms with van der Waals surface area (Å²) >= 11 is 3.54. The van der Waals surface area contributed by atoms with Gasteiger partial charge < -0.3 is 4.90 Å². The summed E-state index contributed by atoms with van der Waals surface area (Å²) in [6, 6.07) is 7.32. The fourth-order valence-corrected chi connectivity index (χ4v) is 3.19. The van der Waals surface area contributed by atoms with Crippen molar-refractivity contribution in [3.63, 3.8) is 0 Å². The second-order valence-electron chi connectivity index (χ2n) is 4.54. The number of hydrogen-bond donors (Lipinski definition) is 0. The molecule has 0 aromatic heterocycles. The van der Waals surface area contributed by atoms with E-state index in [0.29, 0.717) is 6.04 Å². The number of fused-ring (bicyclic) bond motifs is 1. The average molecular weight is 268 g/mol. The van der Waals surface area contributed by atoms with Gasteiger partial charge in [-0.1, -0.05) is 29.8 Å². The Balaban J connectivity index is 2.41. The minimum Gasteiger partial charge on any atom is -0.371 e. The zero-order valence-corrected chi connectivity index (χ0v) is 11.2. The topological polar surface area (TPSA) is 3.24 Å². The number of nitrogens with zero attached hydrogens (tertiary/aromatic N) is 1. The van der Waals surface area contributed by atoms with Gasteiger partial charge in [-0.05, 0) is 42.5 Å².